The number of aromatic nitrogens is 1. The first-order chi connectivity index (χ1) is 7.76. The lowest BCUT2D eigenvalue weighted by Crippen LogP contribution is -1.85. The third-order valence-corrected chi connectivity index (χ3v) is 2.58. The molecule has 0 aliphatic heterocycles. The summed E-state index contributed by atoms with van der Waals surface area (Å²) in [6.45, 7) is 0. The summed E-state index contributed by atoms with van der Waals surface area (Å²) in [7, 11) is 1.55. The summed E-state index contributed by atoms with van der Waals surface area (Å²) in [5.41, 5.74) is 0.689. The Balaban J connectivity index is 2.48. The summed E-state index contributed by atoms with van der Waals surface area (Å²) in [4.78, 5) is 0. The molecule has 1 heterocycles. The summed E-state index contributed by atoms with van der Waals surface area (Å²) in [6, 6.07) is 5.53. The third-order valence-electron chi connectivity index (χ3n) is 2.29. The van der Waals surface area contributed by atoms with Crippen molar-refractivity contribution < 1.29 is 9.26 Å². The Morgan fingerprint density at radius 1 is 1.56 bits per heavy atom. The quantitative estimate of drug-likeness (QED) is 0.822. The van der Waals surface area contributed by atoms with E-state index in [9.17, 15) is 0 Å². The number of ether oxygens (including phenoxy) is 1. The third kappa shape index (κ3) is 1.82. The van der Waals surface area contributed by atoms with E-state index in [1.165, 1.54) is 0 Å². The summed E-state index contributed by atoms with van der Waals surface area (Å²) in [5, 5.41) is 13.8. The zero-order valence-corrected chi connectivity index (χ0v) is 9.41. The Hall–Kier alpha value is -1.73. The number of halogens is 1. The van der Waals surface area contributed by atoms with Gasteiger partial charge in [-0.15, -0.1) is 0 Å². The first kappa shape index (κ1) is 10.8. The van der Waals surface area contributed by atoms with E-state index in [0.717, 1.165) is 5.39 Å². The number of nitriles is 1. The number of nitrogens with zero attached hydrogens (tertiary/aromatic N) is 2. The fraction of sp³-hybridized carbons (Fsp3) is 0.273. The summed E-state index contributed by atoms with van der Waals surface area (Å²) >= 11 is 6.01. The van der Waals surface area contributed by atoms with Crippen molar-refractivity contribution >= 4 is 22.5 Å². The Kier molecular flexibility index (Phi) is 2.97. The van der Waals surface area contributed by atoms with E-state index < -0.39 is 0 Å². The van der Waals surface area contributed by atoms with E-state index in [2.05, 4.69) is 11.2 Å². The van der Waals surface area contributed by atoms with Crippen LogP contribution in [0, 0.1) is 11.3 Å². The van der Waals surface area contributed by atoms with Crippen LogP contribution in [-0.4, -0.2) is 12.3 Å². The van der Waals surface area contributed by atoms with Gasteiger partial charge < -0.3 is 9.26 Å². The highest BCUT2D eigenvalue weighted by Crippen LogP contribution is 2.31. The molecule has 82 valence electrons. The molecule has 0 unspecified atom stereocenters. The average Bonchev–Trinajstić information content (AvgIpc) is 2.67. The van der Waals surface area contributed by atoms with Crippen LogP contribution in [0.1, 0.15) is 12.2 Å². The number of rotatable bonds is 3. The zero-order chi connectivity index (χ0) is 11.5. The Bertz CT molecular complexity index is 557. The lowest BCUT2D eigenvalue weighted by atomic mass is 10.1. The van der Waals surface area contributed by atoms with Crippen molar-refractivity contribution in [1.29, 1.82) is 5.26 Å². The minimum absolute atomic E-state index is 0.397. The molecule has 0 saturated heterocycles. The van der Waals surface area contributed by atoms with Gasteiger partial charge in [-0.1, -0.05) is 16.8 Å². The number of aryl methyl sites for hydroxylation is 1. The zero-order valence-electron chi connectivity index (χ0n) is 8.66. The van der Waals surface area contributed by atoms with Gasteiger partial charge in [-0.3, -0.25) is 0 Å². The first-order valence-electron chi connectivity index (χ1n) is 4.75. The Morgan fingerprint density at radius 3 is 3.06 bits per heavy atom. The fourth-order valence-electron chi connectivity index (χ4n) is 1.50. The van der Waals surface area contributed by atoms with Crippen molar-refractivity contribution in [3.05, 3.63) is 22.9 Å². The van der Waals surface area contributed by atoms with E-state index in [4.69, 9.17) is 26.1 Å². The van der Waals surface area contributed by atoms with E-state index in [1.54, 1.807) is 19.2 Å². The highest BCUT2D eigenvalue weighted by atomic mass is 35.5. The van der Waals surface area contributed by atoms with Crippen LogP contribution in [0.5, 0.6) is 5.75 Å². The normalized spacial score (nSPS) is 10.3. The van der Waals surface area contributed by atoms with Crippen molar-refractivity contribution in [3.63, 3.8) is 0 Å². The molecule has 2 rings (SSSR count). The van der Waals surface area contributed by atoms with Gasteiger partial charge in [0.05, 0.1) is 18.2 Å². The molecule has 0 fully saturated rings. The molecular formula is C11H9ClN2O2. The smallest absolute Gasteiger partial charge is 0.145 e. The number of hydrogen-bond donors (Lipinski definition) is 0. The molecule has 2 aromatic rings. The number of hydrogen-bond acceptors (Lipinski definition) is 4. The Labute approximate surface area is 97.3 Å². The van der Waals surface area contributed by atoms with Crippen molar-refractivity contribution in [2.24, 2.45) is 0 Å². The van der Waals surface area contributed by atoms with Gasteiger partial charge in [-0.2, -0.15) is 5.26 Å². The maximum Gasteiger partial charge on any atom is 0.145 e. The fourth-order valence-corrected chi connectivity index (χ4v) is 1.74. The van der Waals surface area contributed by atoms with Crippen molar-refractivity contribution in [3.8, 4) is 11.8 Å². The molecule has 16 heavy (non-hydrogen) atoms. The number of benzene rings is 1. The molecule has 0 N–H and O–H groups in total. The second kappa shape index (κ2) is 4.42. The number of methoxy groups -OCH3 is 1. The molecule has 0 saturated carbocycles. The van der Waals surface area contributed by atoms with Gasteiger partial charge >= 0.3 is 0 Å². The van der Waals surface area contributed by atoms with Crippen molar-refractivity contribution in [1.82, 2.24) is 5.16 Å². The molecule has 0 amide bonds. The summed E-state index contributed by atoms with van der Waals surface area (Å²) in [5.74, 6) is 1.25. The van der Waals surface area contributed by atoms with Crippen molar-refractivity contribution in [2.45, 2.75) is 12.8 Å². The Morgan fingerprint density at radius 2 is 2.38 bits per heavy atom. The van der Waals surface area contributed by atoms with Gasteiger partial charge in [0.2, 0.25) is 0 Å². The summed E-state index contributed by atoms with van der Waals surface area (Å²) in [6.07, 6.45) is 0.934. The molecule has 0 spiro atoms. The van der Waals surface area contributed by atoms with Crippen LogP contribution in [0.25, 0.3) is 10.9 Å². The average molecular weight is 237 g/mol. The van der Waals surface area contributed by atoms with Crippen LogP contribution in [-0.2, 0) is 6.42 Å². The lowest BCUT2D eigenvalue weighted by Gasteiger charge is -2.01. The second-order valence-corrected chi connectivity index (χ2v) is 3.67. The first-order valence-corrected chi connectivity index (χ1v) is 5.13. The maximum atomic E-state index is 8.52. The molecule has 1 aromatic heterocycles. The van der Waals surface area contributed by atoms with Crippen LogP contribution >= 0.6 is 11.6 Å². The van der Waals surface area contributed by atoms with Gasteiger partial charge in [0.1, 0.15) is 17.0 Å². The van der Waals surface area contributed by atoms with Gasteiger partial charge in [-0.05, 0) is 6.07 Å². The molecule has 1 aromatic carbocycles. The predicted octanol–water partition coefficient (Wildman–Crippen LogP) is 2.95. The monoisotopic (exact) mass is 236 g/mol. The second-order valence-electron chi connectivity index (χ2n) is 3.27. The molecule has 0 aliphatic rings. The molecule has 4 nitrogen and oxygen atoms in total. The predicted molar refractivity (Wildman–Crippen MR) is 59.5 cm³/mol. The highest BCUT2D eigenvalue weighted by Gasteiger charge is 2.11. The topological polar surface area (TPSA) is 59.1 Å². The maximum absolute atomic E-state index is 8.52. The van der Waals surface area contributed by atoms with Crippen LogP contribution < -0.4 is 4.74 Å². The molecule has 0 bridgehead atoms. The molecular weight excluding hydrogens is 228 g/mol. The van der Waals surface area contributed by atoms with Crippen LogP contribution in [0.3, 0.4) is 0 Å². The van der Waals surface area contributed by atoms with E-state index in [-0.39, 0.29) is 0 Å². The summed E-state index contributed by atoms with van der Waals surface area (Å²) < 4.78 is 10.2. The minimum Gasteiger partial charge on any atom is -0.495 e. The SMILES string of the molecule is COc1cc2noc(CCC#N)c2cc1Cl. The van der Waals surface area contributed by atoms with E-state index in [1.807, 2.05) is 0 Å². The van der Waals surface area contributed by atoms with Crippen molar-refractivity contribution in [2.75, 3.05) is 7.11 Å². The number of fused-ring (bicyclic) bond motifs is 1. The standard InChI is InChI=1S/C11H9ClN2O2/c1-15-11-6-9-7(5-8(11)12)10(16-14-9)3-2-4-13/h5-6H,2-3H2,1H3. The van der Waals surface area contributed by atoms with Gasteiger partial charge in [0, 0.05) is 24.3 Å². The highest BCUT2D eigenvalue weighted by molar-refractivity contribution is 6.32. The molecule has 0 atom stereocenters. The van der Waals surface area contributed by atoms with Crippen LogP contribution in [0.2, 0.25) is 5.02 Å². The van der Waals surface area contributed by atoms with Crippen LogP contribution in [0.4, 0.5) is 0 Å². The van der Waals surface area contributed by atoms with E-state index >= 15 is 0 Å². The largest absolute Gasteiger partial charge is 0.495 e. The van der Waals surface area contributed by atoms with Gasteiger partial charge in [-0.25, -0.2) is 0 Å². The molecule has 0 aliphatic carbocycles. The molecule has 5 heteroatoms. The van der Waals surface area contributed by atoms with Crippen LogP contribution in [0.15, 0.2) is 16.7 Å². The minimum atomic E-state index is 0.397. The lowest BCUT2D eigenvalue weighted by molar-refractivity contribution is 0.391. The van der Waals surface area contributed by atoms with E-state index in [0.29, 0.717) is 34.9 Å². The molecule has 0 radical (unpaired) electrons. The van der Waals surface area contributed by atoms with Gasteiger partial charge in [0.15, 0.2) is 0 Å². The van der Waals surface area contributed by atoms with Gasteiger partial charge in [0.25, 0.3) is 0 Å².